The fraction of sp³-hybridized carbons (Fsp3) is 0.409. The van der Waals surface area contributed by atoms with Crippen LogP contribution in [0.1, 0.15) is 60.0 Å². The highest BCUT2D eigenvalue weighted by Gasteiger charge is 2.27. The van der Waals surface area contributed by atoms with Gasteiger partial charge in [0.05, 0.1) is 11.6 Å². The van der Waals surface area contributed by atoms with Crippen LogP contribution < -0.4 is 10.9 Å². The molecule has 146 valence electrons. The molecule has 0 unspecified atom stereocenters. The Hall–Kier alpha value is -2.89. The van der Waals surface area contributed by atoms with Crippen LogP contribution >= 0.6 is 0 Å². The lowest BCUT2D eigenvalue weighted by Crippen LogP contribution is -2.32. The second-order valence-corrected chi connectivity index (χ2v) is 7.93. The molecule has 2 heterocycles. The van der Waals surface area contributed by atoms with Crippen LogP contribution in [0.4, 0.5) is 0 Å². The van der Waals surface area contributed by atoms with E-state index in [4.69, 9.17) is 4.42 Å². The van der Waals surface area contributed by atoms with Gasteiger partial charge in [-0.3, -0.25) is 14.2 Å². The van der Waals surface area contributed by atoms with Gasteiger partial charge >= 0.3 is 0 Å². The maximum Gasteiger partial charge on any atom is 0.265 e. The number of nitrogens with one attached hydrogen (secondary N) is 1. The van der Waals surface area contributed by atoms with Crippen molar-refractivity contribution < 1.29 is 9.21 Å². The van der Waals surface area contributed by atoms with Crippen LogP contribution in [0.25, 0.3) is 11.1 Å². The predicted octanol–water partition coefficient (Wildman–Crippen LogP) is 3.76. The van der Waals surface area contributed by atoms with Gasteiger partial charge in [-0.15, -0.1) is 0 Å². The molecule has 1 aromatic carbocycles. The third kappa shape index (κ3) is 3.23. The van der Waals surface area contributed by atoms with Gasteiger partial charge in [0.1, 0.15) is 17.5 Å². The molecule has 0 fully saturated rings. The average molecular weight is 379 g/mol. The number of amides is 1. The quantitative estimate of drug-likeness (QED) is 0.749. The van der Waals surface area contributed by atoms with Crippen LogP contribution in [-0.2, 0) is 13.0 Å². The Morgan fingerprint density at radius 1 is 1.36 bits per heavy atom. The molecule has 6 nitrogen and oxygen atoms in total. The molecular weight excluding hydrogens is 354 g/mol. The molecule has 6 heteroatoms. The number of carbonyl (C=O) groups is 1. The van der Waals surface area contributed by atoms with E-state index in [1.807, 2.05) is 26.0 Å². The van der Waals surface area contributed by atoms with E-state index in [1.54, 1.807) is 11.5 Å². The van der Waals surface area contributed by atoms with E-state index in [0.29, 0.717) is 23.8 Å². The summed E-state index contributed by atoms with van der Waals surface area (Å²) in [6, 6.07) is 8.14. The van der Waals surface area contributed by atoms with Crippen molar-refractivity contribution in [1.29, 1.82) is 0 Å². The van der Waals surface area contributed by atoms with Gasteiger partial charge in [-0.05, 0) is 43.2 Å². The van der Waals surface area contributed by atoms with Gasteiger partial charge in [0, 0.05) is 6.54 Å². The summed E-state index contributed by atoms with van der Waals surface area (Å²) in [5.41, 5.74) is 2.71. The molecule has 0 saturated carbocycles. The second kappa shape index (κ2) is 7.26. The maximum absolute atomic E-state index is 13.2. The van der Waals surface area contributed by atoms with Gasteiger partial charge in [0.2, 0.25) is 5.71 Å². The Labute approximate surface area is 163 Å². The van der Waals surface area contributed by atoms with Crippen LogP contribution in [0.3, 0.4) is 0 Å². The third-order valence-corrected chi connectivity index (χ3v) is 5.32. The Balaban J connectivity index is 1.72. The highest BCUT2D eigenvalue weighted by atomic mass is 16.3. The number of rotatable bonds is 4. The largest absolute Gasteiger partial charge is 0.442 e. The van der Waals surface area contributed by atoms with E-state index in [9.17, 15) is 9.59 Å². The van der Waals surface area contributed by atoms with Crippen LogP contribution in [-0.4, -0.2) is 15.5 Å². The number of hydrogen-bond acceptors (Lipinski definition) is 4. The Morgan fingerprint density at radius 2 is 2.14 bits per heavy atom. The van der Waals surface area contributed by atoms with E-state index < -0.39 is 0 Å². The summed E-state index contributed by atoms with van der Waals surface area (Å²) in [6.07, 6.45) is 4.43. The fourth-order valence-electron chi connectivity index (χ4n) is 4.07. The first kappa shape index (κ1) is 18.5. The summed E-state index contributed by atoms with van der Waals surface area (Å²) in [7, 11) is 0. The highest BCUT2D eigenvalue weighted by molar-refractivity contribution is 6.06. The molecule has 1 aliphatic carbocycles. The highest BCUT2D eigenvalue weighted by Crippen LogP contribution is 2.30. The molecule has 4 rings (SSSR count). The standard InChI is InChI=1S/C22H25N3O3/c1-13(2)11-25-12-23-21-19(22(25)27)18(14(3)28-21)20(26)24-17-10-6-8-15-7-4-5-9-16(15)17/h4-5,7,9,12-13,17H,6,8,10-11H2,1-3H3,(H,24,26)/t17-/m1/s1. The molecular formula is C22H25N3O3. The van der Waals surface area contributed by atoms with Gasteiger partial charge < -0.3 is 9.73 Å². The second-order valence-electron chi connectivity index (χ2n) is 7.93. The molecule has 0 aliphatic heterocycles. The van der Waals surface area contributed by atoms with Crippen molar-refractivity contribution in [2.45, 2.75) is 52.6 Å². The van der Waals surface area contributed by atoms with Gasteiger partial charge in [-0.1, -0.05) is 38.1 Å². The number of nitrogens with zero attached hydrogens (tertiary/aromatic N) is 2. The van der Waals surface area contributed by atoms with E-state index in [2.05, 4.69) is 22.4 Å². The smallest absolute Gasteiger partial charge is 0.265 e. The normalized spacial score (nSPS) is 16.4. The third-order valence-electron chi connectivity index (χ3n) is 5.32. The summed E-state index contributed by atoms with van der Waals surface area (Å²) < 4.78 is 7.18. The monoisotopic (exact) mass is 379 g/mol. The number of hydrogen-bond donors (Lipinski definition) is 1. The van der Waals surface area contributed by atoms with Crippen LogP contribution in [0.5, 0.6) is 0 Å². The van der Waals surface area contributed by atoms with Crippen molar-refractivity contribution in [3.63, 3.8) is 0 Å². The van der Waals surface area contributed by atoms with Gasteiger partial charge in [0.15, 0.2) is 0 Å². The summed E-state index contributed by atoms with van der Waals surface area (Å²) in [5, 5.41) is 3.39. The SMILES string of the molecule is Cc1oc2ncn(CC(C)C)c(=O)c2c1C(=O)N[C@@H]1CCCc2ccccc21. The molecule has 3 aromatic rings. The molecule has 2 aromatic heterocycles. The van der Waals surface area contributed by atoms with Gasteiger partial charge in [0.25, 0.3) is 11.5 Å². The van der Waals surface area contributed by atoms with Gasteiger partial charge in [-0.2, -0.15) is 0 Å². The molecule has 0 saturated heterocycles. The molecule has 0 bridgehead atoms. The molecule has 1 aliphatic rings. The van der Waals surface area contributed by atoms with Crippen molar-refractivity contribution in [2.75, 3.05) is 0 Å². The number of benzene rings is 1. The number of aromatic nitrogens is 2. The van der Waals surface area contributed by atoms with Crippen molar-refractivity contribution in [1.82, 2.24) is 14.9 Å². The van der Waals surface area contributed by atoms with Crippen LogP contribution in [0, 0.1) is 12.8 Å². The lowest BCUT2D eigenvalue weighted by Gasteiger charge is -2.26. The zero-order valence-electron chi connectivity index (χ0n) is 16.5. The summed E-state index contributed by atoms with van der Waals surface area (Å²) in [4.78, 5) is 30.4. The fourth-order valence-corrected chi connectivity index (χ4v) is 4.07. The number of aryl methyl sites for hydroxylation is 2. The number of carbonyl (C=O) groups excluding carboxylic acids is 1. The summed E-state index contributed by atoms with van der Waals surface area (Å²) in [6.45, 7) is 6.32. The van der Waals surface area contributed by atoms with E-state index >= 15 is 0 Å². The first-order valence-electron chi connectivity index (χ1n) is 9.83. The molecule has 0 spiro atoms. The first-order valence-corrected chi connectivity index (χ1v) is 9.83. The van der Waals surface area contributed by atoms with Crippen molar-refractivity contribution in [3.05, 3.63) is 63.4 Å². The Morgan fingerprint density at radius 3 is 2.93 bits per heavy atom. The molecule has 1 atom stereocenters. The minimum atomic E-state index is -0.279. The molecule has 28 heavy (non-hydrogen) atoms. The summed E-state index contributed by atoms with van der Waals surface area (Å²) in [5.74, 6) is 0.434. The number of fused-ring (bicyclic) bond motifs is 2. The zero-order chi connectivity index (χ0) is 19.8. The first-order chi connectivity index (χ1) is 13.5. The molecule has 1 amide bonds. The van der Waals surface area contributed by atoms with Crippen molar-refractivity contribution >= 4 is 17.0 Å². The maximum atomic E-state index is 13.2. The topological polar surface area (TPSA) is 77.1 Å². The minimum absolute atomic E-state index is 0.0589. The van der Waals surface area contributed by atoms with E-state index in [-0.39, 0.29) is 28.6 Å². The molecule has 1 N–H and O–H groups in total. The van der Waals surface area contributed by atoms with Crippen molar-refractivity contribution in [3.8, 4) is 0 Å². The van der Waals surface area contributed by atoms with Gasteiger partial charge in [-0.25, -0.2) is 4.98 Å². The van der Waals surface area contributed by atoms with E-state index in [0.717, 1.165) is 24.8 Å². The van der Waals surface area contributed by atoms with Crippen molar-refractivity contribution in [2.24, 2.45) is 5.92 Å². The minimum Gasteiger partial charge on any atom is -0.442 e. The lowest BCUT2D eigenvalue weighted by atomic mass is 9.87. The van der Waals surface area contributed by atoms with Crippen LogP contribution in [0.2, 0.25) is 0 Å². The Bertz CT molecular complexity index is 1090. The average Bonchev–Trinajstić information content (AvgIpc) is 3.01. The Kier molecular flexibility index (Phi) is 4.79. The summed E-state index contributed by atoms with van der Waals surface area (Å²) >= 11 is 0. The number of furan rings is 1. The zero-order valence-corrected chi connectivity index (χ0v) is 16.5. The molecule has 0 radical (unpaired) electrons. The lowest BCUT2D eigenvalue weighted by molar-refractivity contribution is 0.0932. The van der Waals surface area contributed by atoms with Crippen LogP contribution in [0.15, 0.2) is 39.8 Å². The van der Waals surface area contributed by atoms with E-state index in [1.165, 1.54) is 11.9 Å². The predicted molar refractivity (Wildman–Crippen MR) is 107 cm³/mol.